The van der Waals surface area contributed by atoms with Gasteiger partial charge in [0.15, 0.2) is 4.88 Å². The van der Waals surface area contributed by atoms with Gasteiger partial charge in [0.1, 0.15) is 7.05 Å². The largest absolute Gasteiger partial charge is 0.287 e. The van der Waals surface area contributed by atoms with E-state index in [-0.39, 0.29) is 11.6 Å². The summed E-state index contributed by atoms with van der Waals surface area (Å²) < 4.78 is 1.82. The Morgan fingerprint density at radius 1 is 0.833 bits per heavy atom. The van der Waals surface area contributed by atoms with Crippen molar-refractivity contribution in [1.29, 1.82) is 0 Å². The topological polar surface area (TPSA) is 38.0 Å². The second-order valence-corrected chi connectivity index (χ2v) is 6.66. The maximum atomic E-state index is 12.8. The molecule has 0 amide bonds. The van der Waals surface area contributed by atoms with Gasteiger partial charge in [0, 0.05) is 17.2 Å². The number of ketones is 2. The predicted molar refractivity (Wildman–Crippen MR) is 94.2 cm³/mol. The first-order valence-corrected chi connectivity index (χ1v) is 8.43. The molecule has 0 fully saturated rings. The van der Waals surface area contributed by atoms with Crippen molar-refractivity contribution in [3.8, 4) is 0 Å². The molecule has 1 aliphatic rings. The number of aromatic nitrogens is 1. The molecule has 4 heteroatoms. The highest BCUT2D eigenvalue weighted by atomic mass is 32.1. The minimum atomic E-state index is -0.0849. The van der Waals surface area contributed by atoms with Crippen LogP contribution in [0.2, 0.25) is 0 Å². The molecule has 0 radical (unpaired) electrons. The fourth-order valence-electron chi connectivity index (χ4n) is 2.90. The third-order valence-corrected chi connectivity index (χ3v) is 5.35. The molecular weight excluding hydrogens is 318 g/mol. The molecule has 1 aliphatic carbocycles. The van der Waals surface area contributed by atoms with Crippen molar-refractivity contribution < 1.29 is 14.2 Å². The van der Waals surface area contributed by atoms with Gasteiger partial charge < -0.3 is 0 Å². The van der Waals surface area contributed by atoms with Crippen molar-refractivity contribution in [1.82, 2.24) is 0 Å². The van der Waals surface area contributed by atoms with Gasteiger partial charge in [-0.25, -0.2) is 0 Å². The van der Waals surface area contributed by atoms with E-state index in [1.165, 1.54) is 11.3 Å². The van der Waals surface area contributed by atoms with E-state index in [1.807, 2.05) is 54.1 Å². The molecular formula is C20H14NO2S+. The average molecular weight is 332 g/mol. The summed E-state index contributed by atoms with van der Waals surface area (Å²) in [5.74, 6) is -0.154. The molecule has 0 atom stereocenters. The van der Waals surface area contributed by atoms with E-state index in [2.05, 4.69) is 0 Å². The summed E-state index contributed by atoms with van der Waals surface area (Å²) in [7, 11) is 1.83. The first kappa shape index (κ1) is 14.7. The van der Waals surface area contributed by atoms with Crippen LogP contribution in [0.25, 0.3) is 12.2 Å². The maximum Gasteiger partial charge on any atom is 0.276 e. The Morgan fingerprint density at radius 2 is 1.46 bits per heavy atom. The van der Waals surface area contributed by atoms with Crippen LogP contribution in [0.5, 0.6) is 0 Å². The van der Waals surface area contributed by atoms with Gasteiger partial charge in [-0.15, -0.1) is 0 Å². The normalized spacial score (nSPS) is 13.2. The highest BCUT2D eigenvalue weighted by Crippen LogP contribution is 2.30. The number of benzene rings is 2. The van der Waals surface area contributed by atoms with Gasteiger partial charge in [-0.3, -0.25) is 9.59 Å². The lowest BCUT2D eigenvalue weighted by Gasteiger charge is -2.10. The number of hydrogen-bond acceptors (Lipinski definition) is 3. The monoisotopic (exact) mass is 332 g/mol. The van der Waals surface area contributed by atoms with E-state index in [4.69, 9.17) is 0 Å². The molecule has 24 heavy (non-hydrogen) atoms. The van der Waals surface area contributed by atoms with Crippen LogP contribution in [0.1, 0.15) is 41.9 Å². The molecule has 0 saturated heterocycles. The minimum absolute atomic E-state index is 0.0693. The summed E-state index contributed by atoms with van der Waals surface area (Å²) in [6.07, 6.45) is 3.93. The van der Waals surface area contributed by atoms with E-state index in [0.717, 1.165) is 10.6 Å². The summed E-state index contributed by atoms with van der Waals surface area (Å²) in [6.45, 7) is 0. The van der Waals surface area contributed by atoms with Crippen LogP contribution in [-0.2, 0) is 7.05 Å². The Bertz CT molecular complexity index is 1000. The molecule has 3 nitrogen and oxygen atoms in total. The molecule has 1 heterocycles. The number of carbonyl (C=O) groups excluding carboxylic acids is 2. The van der Waals surface area contributed by atoms with Gasteiger partial charge in [0.05, 0.1) is 0 Å². The standard InChI is InChI=1S/C20H14NO2S/c1-21-16(12-11-13-7-3-2-4-8-13)24-20-17(21)18(22)14-9-5-6-10-15(14)19(20)23/h2-12H,1H3/q+1/b12-11+. The van der Waals surface area contributed by atoms with Gasteiger partial charge in [-0.1, -0.05) is 65.9 Å². The van der Waals surface area contributed by atoms with Crippen molar-refractivity contribution in [3.05, 3.63) is 86.9 Å². The zero-order valence-electron chi connectivity index (χ0n) is 13.0. The van der Waals surface area contributed by atoms with Crippen LogP contribution >= 0.6 is 11.3 Å². The highest BCUT2D eigenvalue weighted by molar-refractivity contribution is 7.14. The summed E-state index contributed by atoms with van der Waals surface area (Å²) in [5, 5.41) is 0.873. The Balaban J connectivity index is 1.81. The molecule has 0 aliphatic heterocycles. The van der Waals surface area contributed by atoms with Crippen LogP contribution in [-0.4, -0.2) is 11.6 Å². The average Bonchev–Trinajstić information content (AvgIpc) is 2.96. The first-order valence-electron chi connectivity index (χ1n) is 7.61. The maximum absolute atomic E-state index is 12.8. The molecule has 1 aromatic heterocycles. The van der Waals surface area contributed by atoms with Crippen molar-refractivity contribution in [2.24, 2.45) is 7.05 Å². The van der Waals surface area contributed by atoms with Gasteiger partial charge >= 0.3 is 0 Å². The van der Waals surface area contributed by atoms with Crippen LogP contribution in [0.4, 0.5) is 0 Å². The van der Waals surface area contributed by atoms with Gasteiger partial charge in [0.25, 0.3) is 16.5 Å². The summed E-state index contributed by atoms with van der Waals surface area (Å²) in [5.41, 5.74) is 2.54. The zero-order chi connectivity index (χ0) is 16.7. The molecule has 0 N–H and O–H groups in total. The third kappa shape index (κ3) is 2.23. The lowest BCUT2D eigenvalue weighted by molar-refractivity contribution is -0.670. The molecule has 3 aromatic rings. The lowest BCUT2D eigenvalue weighted by atomic mass is 9.91. The number of carbonyl (C=O) groups is 2. The minimum Gasteiger partial charge on any atom is -0.287 e. The molecule has 116 valence electrons. The Labute approximate surface area is 143 Å². The summed E-state index contributed by atoms with van der Waals surface area (Å²) in [4.78, 5) is 26.0. The molecule has 0 saturated carbocycles. The van der Waals surface area contributed by atoms with E-state index >= 15 is 0 Å². The third-order valence-electron chi connectivity index (χ3n) is 4.14. The van der Waals surface area contributed by atoms with E-state index < -0.39 is 0 Å². The Morgan fingerprint density at radius 3 is 2.17 bits per heavy atom. The summed E-state index contributed by atoms with van der Waals surface area (Å²) in [6, 6.07) is 17.0. The second-order valence-electron chi connectivity index (χ2n) is 5.62. The van der Waals surface area contributed by atoms with E-state index in [9.17, 15) is 9.59 Å². The highest BCUT2D eigenvalue weighted by Gasteiger charge is 2.39. The van der Waals surface area contributed by atoms with Gasteiger partial charge in [0.2, 0.25) is 5.78 Å². The Kier molecular flexibility index (Phi) is 3.47. The van der Waals surface area contributed by atoms with Crippen LogP contribution < -0.4 is 4.57 Å². The fourth-order valence-corrected chi connectivity index (χ4v) is 4.00. The SMILES string of the molecule is C[n+]1c(/C=C/c2ccccc2)sc2c1C(=O)c1ccccc1C2=O. The fraction of sp³-hybridized carbons (Fsp3) is 0.0500. The number of thiazole rings is 1. The van der Waals surface area contributed by atoms with Crippen LogP contribution in [0.3, 0.4) is 0 Å². The molecule has 0 bridgehead atoms. The lowest BCUT2D eigenvalue weighted by Crippen LogP contribution is -2.39. The van der Waals surface area contributed by atoms with Crippen molar-refractivity contribution >= 4 is 35.1 Å². The second kappa shape index (κ2) is 5.65. The van der Waals surface area contributed by atoms with Crippen molar-refractivity contribution in [2.45, 2.75) is 0 Å². The molecule has 0 spiro atoms. The van der Waals surface area contributed by atoms with E-state index in [1.54, 1.807) is 24.3 Å². The number of fused-ring (bicyclic) bond motifs is 2. The molecule has 4 rings (SSSR count). The molecule has 0 unspecified atom stereocenters. The smallest absolute Gasteiger partial charge is 0.276 e. The first-order chi connectivity index (χ1) is 11.7. The zero-order valence-corrected chi connectivity index (χ0v) is 13.8. The van der Waals surface area contributed by atoms with E-state index in [0.29, 0.717) is 21.7 Å². The van der Waals surface area contributed by atoms with Crippen LogP contribution in [0, 0.1) is 0 Å². The number of nitrogens with zero attached hydrogens (tertiary/aromatic N) is 1. The van der Waals surface area contributed by atoms with Crippen molar-refractivity contribution in [3.63, 3.8) is 0 Å². The van der Waals surface area contributed by atoms with Crippen molar-refractivity contribution in [2.75, 3.05) is 0 Å². The Hall–Kier alpha value is -2.85. The number of hydrogen-bond donors (Lipinski definition) is 0. The number of rotatable bonds is 2. The predicted octanol–water partition coefficient (Wildman–Crippen LogP) is 3.52. The quantitative estimate of drug-likeness (QED) is 0.527. The van der Waals surface area contributed by atoms with Crippen LogP contribution in [0.15, 0.2) is 54.6 Å². The van der Waals surface area contributed by atoms with Gasteiger partial charge in [-0.2, -0.15) is 4.57 Å². The van der Waals surface area contributed by atoms with Gasteiger partial charge in [-0.05, 0) is 11.6 Å². The summed E-state index contributed by atoms with van der Waals surface area (Å²) >= 11 is 1.36. The molecule has 2 aromatic carbocycles.